The lowest BCUT2D eigenvalue weighted by Crippen LogP contribution is -2.35. The van der Waals surface area contributed by atoms with E-state index in [-0.39, 0.29) is 30.9 Å². The SMILES string of the molecule is OCCN1CC(O)(c2nccs2)c2ccc(F)c(F)c21. The number of benzene rings is 1. The number of aromatic nitrogens is 1. The summed E-state index contributed by atoms with van der Waals surface area (Å²) >= 11 is 1.25. The maximum Gasteiger partial charge on any atom is 0.182 e. The molecule has 1 aliphatic rings. The number of aliphatic hydroxyl groups is 2. The molecular weight excluding hydrogens is 286 g/mol. The summed E-state index contributed by atoms with van der Waals surface area (Å²) in [5.41, 5.74) is -1.20. The van der Waals surface area contributed by atoms with Gasteiger partial charge in [-0.15, -0.1) is 11.3 Å². The normalized spacial score (nSPS) is 21.3. The molecule has 20 heavy (non-hydrogen) atoms. The van der Waals surface area contributed by atoms with E-state index in [0.29, 0.717) is 5.01 Å². The van der Waals surface area contributed by atoms with Crippen LogP contribution in [0.25, 0.3) is 0 Å². The molecule has 2 aromatic rings. The summed E-state index contributed by atoms with van der Waals surface area (Å²) in [6.07, 6.45) is 1.55. The third-order valence-corrected chi connectivity index (χ3v) is 4.33. The molecular formula is C13H12F2N2O2S. The van der Waals surface area contributed by atoms with Crippen LogP contribution in [0.5, 0.6) is 0 Å². The minimum Gasteiger partial charge on any atom is -0.395 e. The Balaban J connectivity index is 2.18. The van der Waals surface area contributed by atoms with Crippen molar-refractivity contribution in [1.29, 1.82) is 0 Å². The smallest absolute Gasteiger partial charge is 0.182 e. The van der Waals surface area contributed by atoms with Gasteiger partial charge in [-0.1, -0.05) is 6.07 Å². The van der Waals surface area contributed by atoms with Crippen molar-refractivity contribution >= 4 is 17.0 Å². The van der Waals surface area contributed by atoms with E-state index in [1.807, 2.05) is 0 Å². The maximum atomic E-state index is 14.0. The summed E-state index contributed by atoms with van der Waals surface area (Å²) in [5, 5.41) is 22.0. The third kappa shape index (κ3) is 1.81. The van der Waals surface area contributed by atoms with E-state index in [4.69, 9.17) is 5.11 Å². The van der Waals surface area contributed by atoms with Gasteiger partial charge in [0.1, 0.15) is 5.01 Å². The fourth-order valence-electron chi connectivity index (χ4n) is 2.55. The minimum absolute atomic E-state index is 0.00301. The van der Waals surface area contributed by atoms with Gasteiger partial charge in [0.25, 0.3) is 0 Å². The summed E-state index contributed by atoms with van der Waals surface area (Å²) in [6.45, 7) is -0.0683. The Bertz CT molecular complexity index is 636. The van der Waals surface area contributed by atoms with E-state index in [1.165, 1.54) is 22.3 Å². The predicted octanol–water partition coefficient (Wildman–Crippen LogP) is 1.47. The number of fused-ring (bicyclic) bond motifs is 1. The first-order valence-electron chi connectivity index (χ1n) is 6.04. The van der Waals surface area contributed by atoms with Gasteiger partial charge in [0.05, 0.1) is 18.8 Å². The number of hydrogen-bond acceptors (Lipinski definition) is 5. The van der Waals surface area contributed by atoms with Crippen molar-refractivity contribution in [3.05, 3.63) is 45.9 Å². The summed E-state index contributed by atoms with van der Waals surface area (Å²) in [4.78, 5) is 5.52. The van der Waals surface area contributed by atoms with Crippen molar-refractivity contribution in [3.63, 3.8) is 0 Å². The third-order valence-electron chi connectivity index (χ3n) is 3.41. The van der Waals surface area contributed by atoms with E-state index in [0.717, 1.165) is 6.07 Å². The van der Waals surface area contributed by atoms with Crippen molar-refractivity contribution in [2.45, 2.75) is 5.60 Å². The number of β-amino-alcohol motifs (C(OH)–C–C–N with tert-alkyl or cyclic N) is 2. The Kier molecular flexibility index (Phi) is 3.19. The van der Waals surface area contributed by atoms with Crippen LogP contribution < -0.4 is 4.90 Å². The predicted molar refractivity (Wildman–Crippen MR) is 70.8 cm³/mol. The topological polar surface area (TPSA) is 56.6 Å². The lowest BCUT2D eigenvalue weighted by Gasteiger charge is -2.22. The maximum absolute atomic E-state index is 14.0. The monoisotopic (exact) mass is 298 g/mol. The van der Waals surface area contributed by atoms with Crippen LogP contribution in [0.2, 0.25) is 0 Å². The second-order valence-electron chi connectivity index (χ2n) is 4.60. The highest BCUT2D eigenvalue weighted by Gasteiger charge is 2.46. The molecule has 0 saturated carbocycles. The second kappa shape index (κ2) is 4.76. The Hall–Kier alpha value is -1.57. The quantitative estimate of drug-likeness (QED) is 0.901. The second-order valence-corrected chi connectivity index (χ2v) is 5.49. The van der Waals surface area contributed by atoms with Crippen LogP contribution in [0, 0.1) is 11.6 Å². The van der Waals surface area contributed by atoms with Crippen molar-refractivity contribution < 1.29 is 19.0 Å². The van der Waals surface area contributed by atoms with Gasteiger partial charge in [0.2, 0.25) is 0 Å². The molecule has 0 saturated heterocycles. The zero-order chi connectivity index (χ0) is 14.3. The first-order valence-corrected chi connectivity index (χ1v) is 6.92. The summed E-state index contributed by atoms with van der Waals surface area (Å²) in [5.74, 6) is -1.99. The van der Waals surface area contributed by atoms with Gasteiger partial charge in [-0.3, -0.25) is 0 Å². The Morgan fingerprint density at radius 1 is 1.40 bits per heavy atom. The first-order chi connectivity index (χ1) is 9.58. The molecule has 1 atom stereocenters. The van der Waals surface area contributed by atoms with Gasteiger partial charge >= 0.3 is 0 Å². The van der Waals surface area contributed by atoms with Gasteiger partial charge in [-0.05, 0) is 6.07 Å². The Morgan fingerprint density at radius 2 is 2.20 bits per heavy atom. The van der Waals surface area contributed by atoms with Crippen molar-refractivity contribution in [2.75, 3.05) is 24.6 Å². The van der Waals surface area contributed by atoms with Gasteiger partial charge in [-0.25, -0.2) is 13.8 Å². The lowest BCUT2D eigenvalue weighted by molar-refractivity contribution is 0.0969. The molecule has 0 bridgehead atoms. The van der Waals surface area contributed by atoms with Crippen molar-refractivity contribution in [1.82, 2.24) is 4.98 Å². The number of rotatable bonds is 3. The molecule has 0 fully saturated rings. The van der Waals surface area contributed by atoms with E-state index < -0.39 is 17.2 Å². The van der Waals surface area contributed by atoms with Crippen LogP contribution in [0.3, 0.4) is 0 Å². The van der Waals surface area contributed by atoms with E-state index in [1.54, 1.807) is 11.6 Å². The molecule has 0 amide bonds. The van der Waals surface area contributed by atoms with Crippen LogP contribution in [0.15, 0.2) is 23.7 Å². The highest BCUT2D eigenvalue weighted by molar-refractivity contribution is 7.09. The van der Waals surface area contributed by atoms with Crippen LogP contribution >= 0.6 is 11.3 Å². The number of halogens is 2. The van der Waals surface area contributed by atoms with Crippen LogP contribution in [0.4, 0.5) is 14.5 Å². The molecule has 0 spiro atoms. The highest BCUT2D eigenvalue weighted by Crippen LogP contribution is 2.45. The average Bonchev–Trinajstić information content (AvgIpc) is 3.03. The molecule has 106 valence electrons. The van der Waals surface area contributed by atoms with Crippen molar-refractivity contribution in [2.24, 2.45) is 0 Å². The molecule has 1 unspecified atom stereocenters. The number of aliphatic hydroxyl groups excluding tert-OH is 1. The van der Waals surface area contributed by atoms with E-state index >= 15 is 0 Å². The Labute approximate surface area is 117 Å². The number of nitrogens with zero attached hydrogens (tertiary/aromatic N) is 2. The summed E-state index contributed by atoms with van der Waals surface area (Å²) in [7, 11) is 0. The molecule has 1 aliphatic heterocycles. The molecule has 7 heteroatoms. The molecule has 3 rings (SSSR count). The molecule has 2 N–H and O–H groups in total. The molecule has 2 heterocycles. The van der Waals surface area contributed by atoms with Crippen LogP contribution in [-0.4, -0.2) is 34.9 Å². The lowest BCUT2D eigenvalue weighted by atomic mass is 9.96. The fraction of sp³-hybridized carbons (Fsp3) is 0.308. The standard InChI is InChI=1S/C13H12F2N2O2S/c14-9-2-1-8-11(10(9)15)17(4-5-18)7-13(8,19)12-16-3-6-20-12/h1-3,6,18-19H,4-5,7H2. The van der Waals surface area contributed by atoms with Crippen molar-refractivity contribution in [3.8, 4) is 0 Å². The molecule has 4 nitrogen and oxygen atoms in total. The van der Waals surface area contributed by atoms with Gasteiger partial charge in [0.15, 0.2) is 17.2 Å². The van der Waals surface area contributed by atoms with Gasteiger partial charge in [-0.2, -0.15) is 0 Å². The largest absolute Gasteiger partial charge is 0.395 e. The van der Waals surface area contributed by atoms with Gasteiger partial charge < -0.3 is 15.1 Å². The molecule has 1 aromatic carbocycles. The van der Waals surface area contributed by atoms with Crippen LogP contribution in [0.1, 0.15) is 10.6 Å². The summed E-state index contributed by atoms with van der Waals surface area (Å²) in [6, 6.07) is 2.36. The molecule has 0 aliphatic carbocycles. The Morgan fingerprint density at radius 3 is 2.85 bits per heavy atom. The number of hydrogen-bond donors (Lipinski definition) is 2. The zero-order valence-corrected chi connectivity index (χ0v) is 11.2. The zero-order valence-electron chi connectivity index (χ0n) is 10.4. The summed E-state index contributed by atoms with van der Waals surface area (Å²) < 4.78 is 27.5. The van der Waals surface area contributed by atoms with Crippen LogP contribution in [-0.2, 0) is 5.60 Å². The van der Waals surface area contributed by atoms with Gasteiger partial charge in [0, 0.05) is 23.7 Å². The number of anilines is 1. The first kappa shape index (κ1) is 13.4. The highest BCUT2D eigenvalue weighted by atomic mass is 32.1. The molecule has 1 aromatic heterocycles. The van der Waals surface area contributed by atoms with E-state index in [2.05, 4.69) is 4.98 Å². The average molecular weight is 298 g/mol. The molecule has 0 radical (unpaired) electrons. The fourth-order valence-corrected chi connectivity index (χ4v) is 3.29. The van der Waals surface area contributed by atoms with E-state index in [9.17, 15) is 13.9 Å². The number of thiazole rings is 1. The minimum atomic E-state index is -1.48.